The highest BCUT2D eigenvalue weighted by molar-refractivity contribution is 7.86. The molecule has 1 aliphatic rings. The summed E-state index contributed by atoms with van der Waals surface area (Å²) in [7, 11) is -19.1. The van der Waals surface area contributed by atoms with Gasteiger partial charge in [-0.05, 0) is 77.5 Å². The maximum atomic E-state index is 12.7. The first-order valence-corrected chi connectivity index (χ1v) is 25.5. The van der Waals surface area contributed by atoms with Gasteiger partial charge in [-0.2, -0.15) is 48.8 Å². The Bertz CT molecular complexity index is 3870. The van der Waals surface area contributed by atoms with Crippen LogP contribution in [0.3, 0.4) is 0 Å². The topological polar surface area (TPSA) is 395 Å². The molecular weight excluding hydrogens is 1000 g/mol. The molecule has 7 aromatic rings. The Morgan fingerprint density at radius 1 is 0.657 bits per heavy atom. The summed E-state index contributed by atoms with van der Waals surface area (Å²) in [6.45, 7) is 1.13. The fraction of sp³-hybridized carbons (Fsp3) is 0.125. The molecule has 30 heteroatoms. The van der Waals surface area contributed by atoms with E-state index in [1.54, 1.807) is 23.1 Å². The molecule has 6 aromatic carbocycles. The Hall–Kier alpha value is -7.55. The van der Waals surface area contributed by atoms with E-state index >= 15 is 0 Å². The molecule has 1 aliphatic heterocycles. The fourth-order valence-electron chi connectivity index (χ4n) is 6.97. The number of aromatic hydroxyl groups is 2. The van der Waals surface area contributed by atoms with Crippen LogP contribution >= 0.6 is 0 Å². The number of aromatic nitrogens is 3. The second kappa shape index (κ2) is 18.7. The molecule has 0 amide bonds. The SMILES string of the molecule is COc1ccc(N=Nc2c(S(=O)(=O)O)cc3cc(Nc4nc(N5CCOCC5)[nH]c(=Nc5cc(S(=O)(=O)O)cc6cc(S(=O)(=O)O)c(N=Nc7ccccc7)c(O)c56)n4)ccc3c2O)c(S(=O)(=O)O)c1. The second-order valence-electron chi connectivity index (χ2n) is 14.7. The first-order chi connectivity index (χ1) is 33.0. The van der Waals surface area contributed by atoms with Gasteiger partial charge in [0.15, 0.2) is 11.5 Å². The largest absolute Gasteiger partial charge is 0.505 e. The minimum absolute atomic E-state index is 0.0149. The molecule has 0 unspecified atom stereocenters. The van der Waals surface area contributed by atoms with Crippen molar-refractivity contribution < 1.29 is 71.6 Å². The molecule has 0 bridgehead atoms. The van der Waals surface area contributed by atoms with Gasteiger partial charge >= 0.3 is 0 Å². The molecule has 26 nitrogen and oxygen atoms in total. The number of phenolic OH excluding ortho intramolecular Hbond substituents is 2. The van der Waals surface area contributed by atoms with E-state index < -0.39 is 94.3 Å². The van der Waals surface area contributed by atoms with Crippen molar-refractivity contribution in [3.05, 3.63) is 96.6 Å². The molecule has 0 radical (unpaired) electrons. The van der Waals surface area contributed by atoms with Gasteiger partial charge in [0.25, 0.3) is 40.5 Å². The lowest BCUT2D eigenvalue weighted by atomic mass is 10.1. The number of phenols is 2. The molecule has 1 aromatic heterocycles. The van der Waals surface area contributed by atoms with E-state index in [0.717, 1.165) is 36.4 Å². The van der Waals surface area contributed by atoms with E-state index in [1.807, 2.05) is 0 Å². The van der Waals surface area contributed by atoms with Gasteiger partial charge in [0.1, 0.15) is 37.5 Å². The third-order valence-corrected chi connectivity index (χ3v) is 13.6. The van der Waals surface area contributed by atoms with Crippen LogP contribution in [-0.4, -0.2) is 110 Å². The molecule has 1 fully saturated rings. The predicted molar refractivity (Wildman–Crippen MR) is 246 cm³/mol. The fourth-order valence-corrected chi connectivity index (χ4v) is 9.46. The highest BCUT2D eigenvalue weighted by atomic mass is 32.2. The van der Waals surface area contributed by atoms with Crippen molar-refractivity contribution in [1.29, 1.82) is 0 Å². The van der Waals surface area contributed by atoms with Crippen LogP contribution in [0.2, 0.25) is 0 Å². The number of azo groups is 2. The maximum absolute atomic E-state index is 12.7. The van der Waals surface area contributed by atoms with Gasteiger partial charge in [-0.15, -0.1) is 15.3 Å². The summed E-state index contributed by atoms with van der Waals surface area (Å²) in [6, 6.07) is 18.6. The third-order valence-electron chi connectivity index (χ3n) is 10.2. The number of nitrogens with zero attached hydrogens (tertiary/aromatic N) is 8. The number of fused-ring (bicyclic) bond motifs is 2. The van der Waals surface area contributed by atoms with Crippen molar-refractivity contribution in [2.45, 2.75) is 19.6 Å². The first-order valence-electron chi connectivity index (χ1n) is 19.7. The van der Waals surface area contributed by atoms with Crippen molar-refractivity contribution in [1.82, 2.24) is 15.0 Å². The molecule has 70 heavy (non-hydrogen) atoms. The van der Waals surface area contributed by atoms with E-state index in [9.17, 15) is 62.1 Å². The van der Waals surface area contributed by atoms with Gasteiger partial charge in [-0.1, -0.05) is 18.2 Å². The van der Waals surface area contributed by atoms with E-state index in [2.05, 4.69) is 45.7 Å². The van der Waals surface area contributed by atoms with E-state index in [0.29, 0.717) is 13.1 Å². The number of ether oxygens (including phenoxy) is 2. The summed E-state index contributed by atoms with van der Waals surface area (Å²) in [5.74, 6) is -1.84. The molecule has 2 heterocycles. The van der Waals surface area contributed by atoms with Crippen molar-refractivity contribution in [3.8, 4) is 17.2 Å². The second-order valence-corrected chi connectivity index (χ2v) is 20.3. The number of H-pyrrole nitrogens is 1. The molecule has 0 aliphatic carbocycles. The van der Waals surface area contributed by atoms with E-state index in [4.69, 9.17) is 9.47 Å². The van der Waals surface area contributed by atoms with Crippen LogP contribution in [0, 0.1) is 0 Å². The van der Waals surface area contributed by atoms with Crippen LogP contribution in [0.4, 0.5) is 46.0 Å². The molecule has 0 saturated carbocycles. The van der Waals surface area contributed by atoms with Gasteiger partial charge in [-0.25, -0.2) is 4.99 Å². The smallest absolute Gasteiger partial charge is 0.296 e. The summed E-state index contributed by atoms with van der Waals surface area (Å²) in [6.07, 6.45) is 0. The normalized spacial score (nSPS) is 14.3. The van der Waals surface area contributed by atoms with Gasteiger partial charge in [0, 0.05) is 30.2 Å². The Balaban J connectivity index is 1.27. The number of nitrogens with one attached hydrogen (secondary N) is 2. The van der Waals surface area contributed by atoms with Gasteiger partial charge < -0.3 is 29.9 Å². The molecule has 1 saturated heterocycles. The molecule has 8 N–H and O–H groups in total. The summed E-state index contributed by atoms with van der Waals surface area (Å²) in [5, 5.41) is 40.5. The van der Waals surface area contributed by atoms with Crippen molar-refractivity contribution in [2.75, 3.05) is 43.6 Å². The summed E-state index contributed by atoms with van der Waals surface area (Å²) in [4.78, 5) is 14.5. The average Bonchev–Trinajstić information content (AvgIpc) is 3.30. The average molecular weight is 1040 g/mol. The number of rotatable bonds is 13. The number of hydrogen-bond donors (Lipinski definition) is 8. The summed E-state index contributed by atoms with van der Waals surface area (Å²) >= 11 is 0. The zero-order chi connectivity index (χ0) is 50.3. The van der Waals surface area contributed by atoms with Crippen molar-refractivity contribution >= 4 is 108 Å². The third kappa shape index (κ3) is 10.5. The van der Waals surface area contributed by atoms with Gasteiger partial charge in [-0.3, -0.25) is 23.2 Å². The molecule has 8 rings (SSSR count). The quantitative estimate of drug-likeness (QED) is 0.0473. The monoisotopic (exact) mass is 1040 g/mol. The first kappa shape index (κ1) is 48.9. The highest BCUT2D eigenvalue weighted by Crippen LogP contribution is 2.46. The van der Waals surface area contributed by atoms with Crippen molar-refractivity contribution in [2.24, 2.45) is 25.4 Å². The number of aromatic amines is 1. The number of anilines is 3. The lowest BCUT2D eigenvalue weighted by Gasteiger charge is -2.27. The lowest BCUT2D eigenvalue weighted by Crippen LogP contribution is -2.38. The summed E-state index contributed by atoms with van der Waals surface area (Å²) < 4.78 is 151. The van der Waals surface area contributed by atoms with Crippen LogP contribution in [0.15, 0.2) is 136 Å². The highest BCUT2D eigenvalue weighted by Gasteiger charge is 2.27. The molecule has 364 valence electrons. The minimum Gasteiger partial charge on any atom is -0.505 e. The lowest BCUT2D eigenvalue weighted by molar-refractivity contribution is 0.122. The van der Waals surface area contributed by atoms with Crippen LogP contribution in [0.1, 0.15) is 0 Å². The Morgan fingerprint density at radius 2 is 1.30 bits per heavy atom. The summed E-state index contributed by atoms with van der Waals surface area (Å²) in [5.41, 5.74) is -2.45. The van der Waals surface area contributed by atoms with E-state index in [1.165, 1.54) is 43.5 Å². The number of methoxy groups -OCH3 is 1. The number of morpholine rings is 1. The Kier molecular flexibility index (Phi) is 13.1. The van der Waals surface area contributed by atoms with Crippen LogP contribution in [-0.2, 0) is 45.2 Å². The molecule has 0 spiro atoms. The minimum atomic E-state index is -5.19. The zero-order valence-electron chi connectivity index (χ0n) is 35.5. The molecular formula is C40H34N10O16S4. The zero-order valence-corrected chi connectivity index (χ0v) is 38.7. The predicted octanol–water partition coefficient (Wildman–Crippen LogP) is 6.16. The standard InChI is InChI=1S/C40H34N10O16S4/c1-65-25-8-10-28(30(19-25)68(56,57)58)47-49-34-31(69(59,60)61)17-21-15-24(7-9-27(21)36(34)51)41-38-43-39(45-40(44-38)50-11-13-66-14-12-50)42-29-20-26(67(53,54)55)16-22-18-32(70(62,63)64)35(37(52)33(22)29)48-46-23-5-3-2-4-6-23/h2-10,15-20,51-52H,11-14H2,1H3,(H,53,54,55)(H,56,57,58)(H,59,60,61)(H,62,63,64)(H2,41,42,43,44,45). The van der Waals surface area contributed by atoms with Crippen LogP contribution in [0.5, 0.6) is 17.2 Å². The number of benzene rings is 6. The van der Waals surface area contributed by atoms with Crippen molar-refractivity contribution in [3.63, 3.8) is 0 Å². The van der Waals surface area contributed by atoms with Gasteiger partial charge in [0.2, 0.25) is 17.5 Å². The molecule has 0 atom stereocenters. The van der Waals surface area contributed by atoms with Crippen LogP contribution in [0.25, 0.3) is 21.5 Å². The Morgan fingerprint density at radius 3 is 1.94 bits per heavy atom. The number of hydrogen-bond acceptors (Lipinski definition) is 21. The van der Waals surface area contributed by atoms with Crippen LogP contribution < -0.4 is 20.6 Å². The van der Waals surface area contributed by atoms with Gasteiger partial charge in [0.05, 0.1) is 42.0 Å². The Labute approximate surface area is 395 Å². The van der Waals surface area contributed by atoms with E-state index in [-0.39, 0.29) is 69.4 Å². The maximum Gasteiger partial charge on any atom is 0.296 e.